The van der Waals surface area contributed by atoms with Gasteiger partial charge in [0.2, 0.25) is 0 Å². The molecule has 1 aromatic rings. The zero-order valence-electron chi connectivity index (χ0n) is 16.6. The SMILES string of the molecule is OCCCCN1C(SCc2cccnc2)=NNC1C12CC3CC(CC(C3)C1)C2. The lowest BCUT2D eigenvalue weighted by Crippen LogP contribution is -2.59. The van der Waals surface area contributed by atoms with Crippen molar-refractivity contribution in [3.63, 3.8) is 0 Å². The maximum Gasteiger partial charge on any atom is 0.185 e. The normalized spacial score (nSPS) is 35.9. The summed E-state index contributed by atoms with van der Waals surface area (Å²) in [6, 6.07) is 4.14. The summed E-state index contributed by atoms with van der Waals surface area (Å²) in [4.78, 5) is 6.79. The van der Waals surface area contributed by atoms with Crippen LogP contribution in [0, 0.1) is 23.2 Å². The quantitative estimate of drug-likeness (QED) is 0.682. The highest BCUT2D eigenvalue weighted by atomic mass is 32.2. The first-order valence-corrected chi connectivity index (χ1v) is 12.0. The second-order valence-corrected chi connectivity index (χ2v) is 10.4. The van der Waals surface area contributed by atoms with Crippen molar-refractivity contribution >= 4 is 16.9 Å². The first-order valence-electron chi connectivity index (χ1n) is 11.0. The van der Waals surface area contributed by atoms with E-state index in [-0.39, 0.29) is 6.61 Å². The van der Waals surface area contributed by atoms with Crippen molar-refractivity contribution in [1.29, 1.82) is 0 Å². The van der Waals surface area contributed by atoms with Crippen LogP contribution in [-0.4, -0.2) is 39.5 Å². The summed E-state index contributed by atoms with van der Waals surface area (Å²) in [5.74, 6) is 3.73. The number of nitrogens with zero attached hydrogens (tertiary/aromatic N) is 3. The smallest absolute Gasteiger partial charge is 0.185 e. The van der Waals surface area contributed by atoms with E-state index in [1.807, 2.05) is 30.2 Å². The van der Waals surface area contributed by atoms with Crippen LogP contribution in [0.3, 0.4) is 0 Å². The van der Waals surface area contributed by atoms with Gasteiger partial charge in [0.25, 0.3) is 0 Å². The number of pyridine rings is 1. The first kappa shape index (κ1) is 18.7. The number of aliphatic hydroxyl groups excluding tert-OH is 1. The number of hydrazone groups is 1. The van der Waals surface area contributed by atoms with Crippen molar-refractivity contribution in [1.82, 2.24) is 15.3 Å². The molecule has 1 unspecified atom stereocenters. The van der Waals surface area contributed by atoms with E-state index in [2.05, 4.69) is 21.4 Å². The average molecular weight is 401 g/mol. The molecular formula is C22H32N4OS. The van der Waals surface area contributed by atoms with Crippen LogP contribution < -0.4 is 5.43 Å². The lowest BCUT2D eigenvalue weighted by molar-refractivity contribution is -0.0937. The Morgan fingerprint density at radius 1 is 1.14 bits per heavy atom. The van der Waals surface area contributed by atoms with Crippen LogP contribution in [0.1, 0.15) is 56.9 Å². The van der Waals surface area contributed by atoms with Crippen LogP contribution in [0.15, 0.2) is 29.6 Å². The molecule has 5 nitrogen and oxygen atoms in total. The number of amidine groups is 1. The summed E-state index contributed by atoms with van der Waals surface area (Å²) >= 11 is 1.82. The topological polar surface area (TPSA) is 60.8 Å². The van der Waals surface area contributed by atoms with Crippen LogP contribution in [0.25, 0.3) is 0 Å². The third-order valence-corrected chi connectivity index (χ3v) is 8.47. The van der Waals surface area contributed by atoms with E-state index in [0.717, 1.165) is 48.1 Å². The Labute approximate surface area is 172 Å². The van der Waals surface area contributed by atoms with Gasteiger partial charge in [-0.25, -0.2) is 0 Å². The van der Waals surface area contributed by atoms with Gasteiger partial charge in [0.1, 0.15) is 6.17 Å². The fraction of sp³-hybridized carbons (Fsp3) is 0.727. The highest BCUT2D eigenvalue weighted by Gasteiger charge is 2.56. The average Bonchev–Trinajstić information content (AvgIpc) is 3.10. The summed E-state index contributed by atoms with van der Waals surface area (Å²) in [6.07, 6.45) is 14.6. The van der Waals surface area contributed by atoms with Crippen LogP contribution >= 0.6 is 11.8 Å². The molecule has 6 heteroatoms. The minimum atomic E-state index is 0.276. The van der Waals surface area contributed by atoms with Crippen LogP contribution in [-0.2, 0) is 5.75 Å². The second kappa shape index (κ2) is 7.86. The molecule has 6 rings (SSSR count). The Morgan fingerprint density at radius 3 is 2.54 bits per heavy atom. The van der Waals surface area contributed by atoms with Gasteiger partial charge in [0.15, 0.2) is 5.17 Å². The molecule has 0 aromatic carbocycles. The minimum absolute atomic E-state index is 0.276. The van der Waals surface area contributed by atoms with Crippen molar-refractivity contribution < 1.29 is 5.11 Å². The zero-order valence-corrected chi connectivity index (χ0v) is 17.4. The molecule has 2 N–H and O–H groups in total. The number of hydrogen-bond acceptors (Lipinski definition) is 6. The Kier molecular flexibility index (Phi) is 5.26. The van der Waals surface area contributed by atoms with Gasteiger partial charge in [0, 0.05) is 36.7 Å². The van der Waals surface area contributed by atoms with E-state index in [1.54, 1.807) is 0 Å². The highest BCUT2D eigenvalue weighted by Crippen LogP contribution is 2.62. The van der Waals surface area contributed by atoms with Crippen LogP contribution in [0.4, 0.5) is 0 Å². The summed E-state index contributed by atoms with van der Waals surface area (Å²) in [6.45, 7) is 1.26. The minimum Gasteiger partial charge on any atom is -0.396 e. The summed E-state index contributed by atoms with van der Waals surface area (Å²) in [5.41, 5.74) is 5.23. The van der Waals surface area contributed by atoms with Gasteiger partial charge in [-0.05, 0) is 80.8 Å². The highest BCUT2D eigenvalue weighted by molar-refractivity contribution is 8.13. The van der Waals surface area contributed by atoms with E-state index in [4.69, 9.17) is 5.10 Å². The molecule has 152 valence electrons. The molecule has 28 heavy (non-hydrogen) atoms. The number of aliphatic hydroxyl groups is 1. The van der Waals surface area contributed by atoms with E-state index in [1.165, 1.54) is 44.1 Å². The molecule has 0 spiro atoms. The fourth-order valence-electron chi connectivity index (χ4n) is 6.71. The fourth-order valence-corrected chi connectivity index (χ4v) is 7.65. The standard InChI is InChI=1S/C22H32N4OS/c27-7-2-1-6-26-20(22-11-17-8-18(12-22)10-19(9-17)13-22)24-25-21(26)28-15-16-4-3-5-23-14-16/h3-5,14,17-20,24,27H,1-2,6-13,15H2. The van der Waals surface area contributed by atoms with Crippen molar-refractivity contribution in [3.8, 4) is 0 Å². The monoisotopic (exact) mass is 400 g/mol. The number of rotatable bonds is 7. The molecule has 1 aliphatic heterocycles. The van der Waals surface area contributed by atoms with Crippen molar-refractivity contribution in [2.45, 2.75) is 63.3 Å². The van der Waals surface area contributed by atoms with Gasteiger partial charge >= 0.3 is 0 Å². The molecular weight excluding hydrogens is 368 g/mol. The van der Waals surface area contributed by atoms with E-state index in [0.29, 0.717) is 11.6 Å². The molecule has 4 aliphatic carbocycles. The van der Waals surface area contributed by atoms with Crippen LogP contribution in [0.5, 0.6) is 0 Å². The molecule has 0 radical (unpaired) electrons. The Bertz CT molecular complexity index is 674. The molecule has 0 saturated heterocycles. The van der Waals surface area contributed by atoms with Gasteiger partial charge in [-0.1, -0.05) is 17.8 Å². The Balaban J connectivity index is 1.32. The summed E-state index contributed by atoms with van der Waals surface area (Å²) < 4.78 is 0. The maximum atomic E-state index is 9.28. The third-order valence-electron chi connectivity index (χ3n) is 7.40. The molecule has 5 aliphatic rings. The van der Waals surface area contributed by atoms with Crippen LogP contribution in [0.2, 0.25) is 0 Å². The summed E-state index contributed by atoms with van der Waals surface area (Å²) in [7, 11) is 0. The van der Waals surface area contributed by atoms with E-state index in [9.17, 15) is 5.11 Å². The Morgan fingerprint density at radius 2 is 1.89 bits per heavy atom. The van der Waals surface area contributed by atoms with Gasteiger partial charge in [-0.15, -0.1) is 0 Å². The van der Waals surface area contributed by atoms with E-state index >= 15 is 0 Å². The molecule has 0 amide bonds. The zero-order chi connectivity index (χ0) is 19.0. The lowest BCUT2D eigenvalue weighted by atomic mass is 9.48. The maximum absolute atomic E-state index is 9.28. The van der Waals surface area contributed by atoms with Crippen molar-refractivity contribution in [3.05, 3.63) is 30.1 Å². The second-order valence-electron chi connectivity index (χ2n) is 9.48. The first-order chi connectivity index (χ1) is 13.8. The predicted octanol–water partition coefficient (Wildman–Crippen LogP) is 3.81. The molecule has 4 saturated carbocycles. The largest absolute Gasteiger partial charge is 0.396 e. The third kappa shape index (κ3) is 3.54. The lowest BCUT2D eigenvalue weighted by Gasteiger charge is -2.59. The number of thioether (sulfide) groups is 1. The van der Waals surface area contributed by atoms with Crippen molar-refractivity contribution in [2.24, 2.45) is 28.3 Å². The number of aromatic nitrogens is 1. The molecule has 4 bridgehead atoms. The Hall–Kier alpha value is -1.27. The van der Waals surface area contributed by atoms with Gasteiger partial charge in [-0.3, -0.25) is 10.4 Å². The molecule has 1 aromatic heterocycles. The van der Waals surface area contributed by atoms with Crippen molar-refractivity contribution in [2.75, 3.05) is 13.2 Å². The van der Waals surface area contributed by atoms with Gasteiger partial charge in [-0.2, -0.15) is 5.10 Å². The van der Waals surface area contributed by atoms with E-state index < -0.39 is 0 Å². The molecule has 4 fully saturated rings. The van der Waals surface area contributed by atoms with Gasteiger partial charge in [0.05, 0.1) is 0 Å². The number of unbranched alkanes of at least 4 members (excludes halogenated alkanes) is 1. The number of hydrogen-bond donors (Lipinski definition) is 2. The summed E-state index contributed by atoms with van der Waals surface area (Å²) in [5, 5.41) is 15.2. The molecule has 1 atom stereocenters. The van der Waals surface area contributed by atoms with Gasteiger partial charge < -0.3 is 10.0 Å². The number of nitrogens with one attached hydrogen (secondary N) is 1. The predicted molar refractivity (Wildman–Crippen MR) is 114 cm³/mol. The molecule has 2 heterocycles.